The van der Waals surface area contributed by atoms with E-state index in [1.807, 2.05) is 13.0 Å². The van der Waals surface area contributed by atoms with Gasteiger partial charge in [-0.25, -0.2) is 4.98 Å². The molecular weight excluding hydrogens is 188 g/mol. The van der Waals surface area contributed by atoms with Crippen LogP contribution in [0.4, 0.5) is 0 Å². The first-order valence-corrected chi connectivity index (χ1v) is 5.22. The maximum absolute atomic E-state index is 6.20. The molecule has 15 heavy (non-hydrogen) atoms. The van der Waals surface area contributed by atoms with Crippen LogP contribution in [0.25, 0.3) is 11.0 Å². The Balaban J connectivity index is 2.44. The summed E-state index contributed by atoms with van der Waals surface area (Å²) in [5, 5.41) is 0. The summed E-state index contributed by atoms with van der Waals surface area (Å²) >= 11 is 0. The Hall–Kier alpha value is -1.42. The molecular formula is C11H16N4. The highest BCUT2D eigenvalue weighted by Gasteiger charge is 2.23. The van der Waals surface area contributed by atoms with E-state index in [0.29, 0.717) is 0 Å². The number of H-pyrrole nitrogens is 1. The average molecular weight is 204 g/mol. The van der Waals surface area contributed by atoms with Crippen LogP contribution in [0.5, 0.6) is 0 Å². The number of rotatable bonds is 3. The number of aromatic amines is 1. The fourth-order valence-electron chi connectivity index (χ4n) is 1.77. The van der Waals surface area contributed by atoms with Gasteiger partial charge in [0.15, 0.2) is 0 Å². The largest absolute Gasteiger partial charge is 0.339 e. The highest BCUT2D eigenvalue weighted by molar-refractivity contribution is 5.73. The van der Waals surface area contributed by atoms with E-state index in [-0.39, 0.29) is 5.54 Å². The molecule has 0 aromatic carbocycles. The predicted octanol–water partition coefficient (Wildman–Crippen LogP) is 1.93. The smallest absolute Gasteiger partial charge is 0.127 e. The van der Waals surface area contributed by atoms with Gasteiger partial charge in [0.2, 0.25) is 0 Å². The number of imidazole rings is 1. The molecule has 0 saturated heterocycles. The third kappa shape index (κ3) is 1.85. The molecule has 0 aliphatic carbocycles. The lowest BCUT2D eigenvalue weighted by Crippen LogP contribution is -2.34. The molecule has 0 aliphatic heterocycles. The lowest BCUT2D eigenvalue weighted by Gasteiger charge is -2.20. The number of nitrogens with zero attached hydrogens (tertiary/aromatic N) is 2. The van der Waals surface area contributed by atoms with Crippen molar-refractivity contribution in [2.45, 2.75) is 32.2 Å². The highest BCUT2D eigenvalue weighted by Crippen LogP contribution is 2.22. The van der Waals surface area contributed by atoms with Gasteiger partial charge in [-0.2, -0.15) is 0 Å². The summed E-state index contributed by atoms with van der Waals surface area (Å²) < 4.78 is 0. The Labute approximate surface area is 88.9 Å². The van der Waals surface area contributed by atoms with Crippen LogP contribution in [-0.2, 0) is 5.54 Å². The van der Waals surface area contributed by atoms with Gasteiger partial charge in [0.25, 0.3) is 0 Å². The Bertz CT molecular complexity index is 425. The lowest BCUT2D eigenvalue weighted by molar-refractivity contribution is 0.424. The Morgan fingerprint density at radius 3 is 3.00 bits per heavy atom. The maximum Gasteiger partial charge on any atom is 0.127 e. The molecule has 0 fully saturated rings. The molecule has 4 nitrogen and oxygen atoms in total. The van der Waals surface area contributed by atoms with Crippen LogP contribution in [0.15, 0.2) is 18.5 Å². The van der Waals surface area contributed by atoms with Crippen LogP contribution in [0.1, 0.15) is 32.5 Å². The minimum absolute atomic E-state index is 0.381. The van der Waals surface area contributed by atoms with E-state index in [0.717, 1.165) is 29.7 Å². The second-order valence-electron chi connectivity index (χ2n) is 4.15. The van der Waals surface area contributed by atoms with Gasteiger partial charge < -0.3 is 10.7 Å². The molecule has 4 heteroatoms. The van der Waals surface area contributed by atoms with E-state index in [4.69, 9.17) is 5.73 Å². The van der Waals surface area contributed by atoms with E-state index in [2.05, 4.69) is 21.9 Å². The molecule has 0 saturated carbocycles. The van der Waals surface area contributed by atoms with Gasteiger partial charge in [-0.1, -0.05) is 13.3 Å². The third-order valence-corrected chi connectivity index (χ3v) is 2.59. The van der Waals surface area contributed by atoms with E-state index in [1.165, 1.54) is 0 Å². The van der Waals surface area contributed by atoms with Crippen molar-refractivity contribution in [3.8, 4) is 0 Å². The molecule has 1 unspecified atom stereocenters. The first-order chi connectivity index (χ1) is 7.13. The number of hydrogen-bond donors (Lipinski definition) is 2. The van der Waals surface area contributed by atoms with Crippen molar-refractivity contribution in [3.05, 3.63) is 24.3 Å². The number of nitrogens with one attached hydrogen (secondary N) is 1. The zero-order valence-electron chi connectivity index (χ0n) is 9.12. The van der Waals surface area contributed by atoms with Gasteiger partial charge in [-0.15, -0.1) is 0 Å². The summed E-state index contributed by atoms with van der Waals surface area (Å²) in [4.78, 5) is 11.7. The van der Waals surface area contributed by atoms with Crippen LogP contribution in [0.2, 0.25) is 0 Å². The molecule has 2 aromatic rings. The quantitative estimate of drug-likeness (QED) is 0.802. The van der Waals surface area contributed by atoms with Crippen molar-refractivity contribution in [3.63, 3.8) is 0 Å². The number of fused-ring (bicyclic) bond motifs is 1. The van der Waals surface area contributed by atoms with Crippen molar-refractivity contribution >= 4 is 11.0 Å². The fourth-order valence-corrected chi connectivity index (χ4v) is 1.77. The van der Waals surface area contributed by atoms with Crippen molar-refractivity contribution < 1.29 is 0 Å². The summed E-state index contributed by atoms with van der Waals surface area (Å²) in [6, 6.07) is 1.89. The molecule has 80 valence electrons. The molecule has 3 N–H and O–H groups in total. The molecule has 1 atom stereocenters. The maximum atomic E-state index is 6.20. The molecule has 0 aliphatic rings. The van der Waals surface area contributed by atoms with Crippen molar-refractivity contribution in [1.82, 2.24) is 15.0 Å². The summed E-state index contributed by atoms with van der Waals surface area (Å²) in [5.41, 5.74) is 7.69. The molecule has 0 spiro atoms. The van der Waals surface area contributed by atoms with Crippen LogP contribution in [0, 0.1) is 0 Å². The fraction of sp³-hybridized carbons (Fsp3) is 0.455. The Morgan fingerprint density at radius 1 is 1.53 bits per heavy atom. The van der Waals surface area contributed by atoms with Crippen LogP contribution in [0.3, 0.4) is 0 Å². The summed E-state index contributed by atoms with van der Waals surface area (Å²) in [7, 11) is 0. The molecule has 2 heterocycles. The molecule has 0 amide bonds. The Morgan fingerprint density at radius 2 is 2.33 bits per heavy atom. The zero-order chi connectivity index (χ0) is 10.9. The van der Waals surface area contributed by atoms with Crippen molar-refractivity contribution in [2.24, 2.45) is 5.73 Å². The molecule has 2 rings (SSSR count). The normalized spacial score (nSPS) is 15.4. The second-order valence-corrected chi connectivity index (χ2v) is 4.15. The van der Waals surface area contributed by atoms with Gasteiger partial charge in [0.05, 0.1) is 22.8 Å². The third-order valence-electron chi connectivity index (χ3n) is 2.59. The monoisotopic (exact) mass is 204 g/mol. The topological polar surface area (TPSA) is 67.6 Å². The number of hydrogen-bond acceptors (Lipinski definition) is 3. The van der Waals surface area contributed by atoms with Gasteiger partial charge >= 0.3 is 0 Å². The van der Waals surface area contributed by atoms with E-state index in [9.17, 15) is 0 Å². The van der Waals surface area contributed by atoms with Crippen LogP contribution in [-0.4, -0.2) is 15.0 Å². The first kappa shape index (κ1) is 10.1. The molecule has 0 bridgehead atoms. The minimum Gasteiger partial charge on any atom is -0.339 e. The van der Waals surface area contributed by atoms with Crippen molar-refractivity contribution in [2.75, 3.05) is 0 Å². The van der Waals surface area contributed by atoms with Crippen molar-refractivity contribution in [1.29, 1.82) is 0 Å². The van der Waals surface area contributed by atoms with Gasteiger partial charge in [0.1, 0.15) is 5.82 Å². The van der Waals surface area contributed by atoms with E-state index < -0.39 is 0 Å². The van der Waals surface area contributed by atoms with Gasteiger partial charge in [-0.05, 0) is 19.4 Å². The standard InChI is InChI=1S/C11H16N4/c1-3-5-11(2,12)10-14-8-4-6-13-7-9(8)15-10/h4,6-7H,3,5,12H2,1-2H3,(H,14,15). The van der Waals surface area contributed by atoms with E-state index >= 15 is 0 Å². The predicted molar refractivity (Wildman–Crippen MR) is 60.3 cm³/mol. The summed E-state index contributed by atoms with van der Waals surface area (Å²) in [6.45, 7) is 4.12. The van der Waals surface area contributed by atoms with Gasteiger partial charge in [-0.3, -0.25) is 4.98 Å². The Kier molecular flexibility index (Phi) is 2.44. The van der Waals surface area contributed by atoms with Crippen LogP contribution >= 0.6 is 0 Å². The minimum atomic E-state index is -0.381. The zero-order valence-corrected chi connectivity index (χ0v) is 9.12. The number of pyridine rings is 1. The van der Waals surface area contributed by atoms with Crippen LogP contribution < -0.4 is 5.73 Å². The number of aromatic nitrogens is 3. The SMILES string of the molecule is CCCC(C)(N)c1nc2ccncc2[nH]1. The average Bonchev–Trinajstić information content (AvgIpc) is 2.61. The molecule has 0 radical (unpaired) electrons. The first-order valence-electron chi connectivity index (χ1n) is 5.22. The number of nitrogens with two attached hydrogens (primary N) is 1. The lowest BCUT2D eigenvalue weighted by atomic mass is 9.97. The summed E-state index contributed by atoms with van der Waals surface area (Å²) in [5.74, 6) is 0.840. The highest BCUT2D eigenvalue weighted by atomic mass is 15.0. The van der Waals surface area contributed by atoms with E-state index in [1.54, 1.807) is 12.4 Å². The summed E-state index contributed by atoms with van der Waals surface area (Å²) in [6.07, 6.45) is 5.47. The van der Waals surface area contributed by atoms with Gasteiger partial charge in [0, 0.05) is 6.20 Å². The molecule has 2 aromatic heterocycles. The second kappa shape index (κ2) is 3.62.